The van der Waals surface area contributed by atoms with Crippen molar-refractivity contribution in [2.24, 2.45) is 0 Å². The largest absolute Gasteiger partial charge is 0.368 e. The summed E-state index contributed by atoms with van der Waals surface area (Å²) in [5, 5.41) is 7.47. The van der Waals surface area contributed by atoms with Crippen molar-refractivity contribution in [3.8, 4) is 5.69 Å². The third-order valence-electron chi connectivity index (χ3n) is 3.44. The standard InChI is InChI=1S/C16H17FN6/c1-10-7-15(22-16(18)20-10)21-11(2)12-8-19-23(9-12)14-6-4-3-5-13(14)17/h3-9,11H,1-2H3,(H3,18,20,21,22). The molecule has 0 amide bonds. The van der Waals surface area contributed by atoms with Crippen LogP contribution in [0.2, 0.25) is 0 Å². The Morgan fingerprint density at radius 3 is 2.78 bits per heavy atom. The van der Waals surface area contributed by atoms with E-state index in [9.17, 15) is 4.39 Å². The topological polar surface area (TPSA) is 81.7 Å². The van der Waals surface area contributed by atoms with Gasteiger partial charge in [-0.25, -0.2) is 14.1 Å². The second-order valence-corrected chi connectivity index (χ2v) is 5.29. The maximum atomic E-state index is 13.8. The molecule has 0 aliphatic heterocycles. The van der Waals surface area contributed by atoms with Crippen LogP contribution in [0.25, 0.3) is 5.69 Å². The van der Waals surface area contributed by atoms with Gasteiger partial charge in [-0.15, -0.1) is 0 Å². The molecule has 3 N–H and O–H groups in total. The molecule has 2 heterocycles. The van der Waals surface area contributed by atoms with Gasteiger partial charge in [0.05, 0.1) is 12.2 Å². The first kappa shape index (κ1) is 15.0. The number of aromatic nitrogens is 4. The van der Waals surface area contributed by atoms with Crippen molar-refractivity contribution in [1.29, 1.82) is 0 Å². The van der Waals surface area contributed by atoms with E-state index in [-0.39, 0.29) is 17.8 Å². The van der Waals surface area contributed by atoms with Gasteiger partial charge in [-0.1, -0.05) is 12.1 Å². The Morgan fingerprint density at radius 1 is 1.26 bits per heavy atom. The number of para-hydroxylation sites is 1. The Hall–Kier alpha value is -2.96. The number of nitrogens with one attached hydrogen (secondary N) is 1. The molecule has 2 aromatic heterocycles. The second kappa shape index (κ2) is 6.04. The van der Waals surface area contributed by atoms with Gasteiger partial charge in [0.2, 0.25) is 5.95 Å². The molecule has 23 heavy (non-hydrogen) atoms. The van der Waals surface area contributed by atoms with Crippen LogP contribution in [0, 0.1) is 12.7 Å². The second-order valence-electron chi connectivity index (χ2n) is 5.29. The van der Waals surface area contributed by atoms with E-state index in [1.54, 1.807) is 30.6 Å². The lowest BCUT2D eigenvalue weighted by Gasteiger charge is -2.13. The first-order valence-electron chi connectivity index (χ1n) is 7.20. The van der Waals surface area contributed by atoms with Gasteiger partial charge in [-0.3, -0.25) is 0 Å². The van der Waals surface area contributed by atoms with Crippen LogP contribution in [0.1, 0.15) is 24.2 Å². The molecular formula is C16H17FN6. The van der Waals surface area contributed by atoms with Crippen LogP contribution < -0.4 is 11.1 Å². The smallest absolute Gasteiger partial charge is 0.222 e. The minimum Gasteiger partial charge on any atom is -0.368 e. The molecule has 118 valence electrons. The van der Waals surface area contributed by atoms with Crippen LogP contribution >= 0.6 is 0 Å². The molecule has 1 aromatic carbocycles. The van der Waals surface area contributed by atoms with E-state index in [1.165, 1.54) is 10.7 Å². The van der Waals surface area contributed by atoms with Crippen LogP contribution in [-0.2, 0) is 0 Å². The maximum absolute atomic E-state index is 13.8. The number of hydrogen-bond donors (Lipinski definition) is 2. The van der Waals surface area contributed by atoms with Crippen LogP contribution in [0.4, 0.5) is 16.2 Å². The average Bonchev–Trinajstić information content (AvgIpc) is 2.96. The van der Waals surface area contributed by atoms with Gasteiger partial charge < -0.3 is 11.1 Å². The van der Waals surface area contributed by atoms with Crippen molar-refractivity contribution in [3.63, 3.8) is 0 Å². The molecule has 1 unspecified atom stereocenters. The predicted molar refractivity (Wildman–Crippen MR) is 86.7 cm³/mol. The fourth-order valence-electron chi connectivity index (χ4n) is 2.30. The monoisotopic (exact) mass is 312 g/mol. The third kappa shape index (κ3) is 3.28. The van der Waals surface area contributed by atoms with Crippen molar-refractivity contribution in [2.75, 3.05) is 11.1 Å². The molecule has 0 saturated carbocycles. The van der Waals surface area contributed by atoms with E-state index in [1.807, 2.05) is 19.9 Å². The average molecular weight is 312 g/mol. The van der Waals surface area contributed by atoms with Crippen LogP contribution in [0.3, 0.4) is 0 Å². The van der Waals surface area contributed by atoms with Gasteiger partial charge in [-0.2, -0.15) is 10.1 Å². The Labute approximate surface area is 133 Å². The number of rotatable bonds is 4. The number of aryl methyl sites for hydroxylation is 1. The van der Waals surface area contributed by atoms with E-state index in [4.69, 9.17) is 5.73 Å². The molecule has 3 aromatic rings. The molecular weight excluding hydrogens is 295 g/mol. The van der Waals surface area contributed by atoms with Crippen molar-refractivity contribution in [3.05, 3.63) is 59.8 Å². The lowest BCUT2D eigenvalue weighted by atomic mass is 10.2. The van der Waals surface area contributed by atoms with Crippen molar-refractivity contribution in [1.82, 2.24) is 19.7 Å². The predicted octanol–water partition coefficient (Wildman–Crippen LogP) is 2.87. The number of hydrogen-bond acceptors (Lipinski definition) is 5. The molecule has 0 fully saturated rings. The molecule has 3 rings (SSSR count). The fourth-order valence-corrected chi connectivity index (χ4v) is 2.30. The zero-order valence-electron chi connectivity index (χ0n) is 12.9. The summed E-state index contributed by atoms with van der Waals surface area (Å²) in [4.78, 5) is 8.18. The van der Waals surface area contributed by atoms with Crippen LogP contribution in [0.15, 0.2) is 42.7 Å². The van der Waals surface area contributed by atoms with Crippen molar-refractivity contribution < 1.29 is 4.39 Å². The van der Waals surface area contributed by atoms with Crippen molar-refractivity contribution in [2.45, 2.75) is 19.9 Å². The highest BCUT2D eigenvalue weighted by Gasteiger charge is 2.12. The van der Waals surface area contributed by atoms with E-state index >= 15 is 0 Å². The first-order valence-corrected chi connectivity index (χ1v) is 7.20. The lowest BCUT2D eigenvalue weighted by Crippen LogP contribution is -2.09. The summed E-state index contributed by atoms with van der Waals surface area (Å²) in [6, 6.07) is 8.25. The summed E-state index contributed by atoms with van der Waals surface area (Å²) in [6.45, 7) is 3.82. The van der Waals surface area contributed by atoms with E-state index in [0.717, 1.165) is 11.3 Å². The number of nitrogen functional groups attached to an aromatic ring is 1. The third-order valence-corrected chi connectivity index (χ3v) is 3.44. The van der Waals surface area contributed by atoms with E-state index in [2.05, 4.69) is 20.4 Å². The minimum absolute atomic E-state index is 0.0655. The fraction of sp³-hybridized carbons (Fsp3) is 0.188. The van der Waals surface area contributed by atoms with Crippen LogP contribution in [0.5, 0.6) is 0 Å². The zero-order chi connectivity index (χ0) is 16.4. The SMILES string of the molecule is Cc1cc(NC(C)c2cnn(-c3ccccc3F)c2)nc(N)n1. The normalized spacial score (nSPS) is 12.1. The number of benzene rings is 1. The van der Waals surface area contributed by atoms with Crippen LogP contribution in [-0.4, -0.2) is 19.7 Å². The Bertz CT molecular complexity index is 809. The Balaban J connectivity index is 1.81. The zero-order valence-corrected chi connectivity index (χ0v) is 12.9. The van der Waals surface area contributed by atoms with Gasteiger partial charge in [0.1, 0.15) is 17.3 Å². The van der Waals surface area contributed by atoms with E-state index < -0.39 is 0 Å². The van der Waals surface area contributed by atoms with Gasteiger partial charge in [-0.05, 0) is 26.0 Å². The molecule has 7 heteroatoms. The maximum Gasteiger partial charge on any atom is 0.222 e. The molecule has 1 atom stereocenters. The highest BCUT2D eigenvalue weighted by Crippen LogP contribution is 2.20. The van der Waals surface area contributed by atoms with Gasteiger partial charge >= 0.3 is 0 Å². The van der Waals surface area contributed by atoms with Gasteiger partial charge in [0.15, 0.2) is 0 Å². The molecule has 0 radical (unpaired) electrons. The number of halogens is 1. The van der Waals surface area contributed by atoms with Crippen molar-refractivity contribution >= 4 is 11.8 Å². The Kier molecular flexibility index (Phi) is 3.92. The molecule has 6 nitrogen and oxygen atoms in total. The minimum atomic E-state index is -0.318. The first-order chi connectivity index (χ1) is 11.0. The number of anilines is 2. The molecule has 0 aliphatic rings. The molecule has 0 bridgehead atoms. The molecule has 0 aliphatic carbocycles. The summed E-state index contributed by atoms with van der Waals surface area (Å²) in [5.41, 5.74) is 7.75. The van der Waals surface area contributed by atoms with Gasteiger partial charge in [0.25, 0.3) is 0 Å². The van der Waals surface area contributed by atoms with Gasteiger partial charge in [0, 0.05) is 23.5 Å². The Morgan fingerprint density at radius 2 is 2.04 bits per heavy atom. The number of nitrogens with zero attached hydrogens (tertiary/aromatic N) is 4. The summed E-state index contributed by atoms with van der Waals surface area (Å²) in [5.74, 6) is 0.546. The quantitative estimate of drug-likeness (QED) is 0.774. The van der Waals surface area contributed by atoms with E-state index in [0.29, 0.717) is 11.5 Å². The summed E-state index contributed by atoms with van der Waals surface area (Å²) in [7, 11) is 0. The summed E-state index contributed by atoms with van der Waals surface area (Å²) < 4.78 is 15.3. The highest BCUT2D eigenvalue weighted by molar-refractivity contribution is 5.42. The lowest BCUT2D eigenvalue weighted by molar-refractivity contribution is 0.611. The highest BCUT2D eigenvalue weighted by atomic mass is 19.1. The molecule has 0 saturated heterocycles. The molecule has 0 spiro atoms. The number of nitrogens with two attached hydrogens (primary N) is 1. The summed E-state index contributed by atoms with van der Waals surface area (Å²) >= 11 is 0. The summed E-state index contributed by atoms with van der Waals surface area (Å²) in [6.07, 6.45) is 3.48.